The van der Waals surface area contributed by atoms with Gasteiger partial charge in [0.05, 0.1) is 0 Å². The number of aryl methyl sites for hydroxylation is 1. The Hall–Kier alpha value is -1.67. The number of rotatable bonds is 2. The lowest BCUT2D eigenvalue weighted by Gasteiger charge is -2.33. The van der Waals surface area contributed by atoms with Gasteiger partial charge < -0.3 is 5.32 Å². The van der Waals surface area contributed by atoms with E-state index in [0.717, 1.165) is 25.1 Å². The van der Waals surface area contributed by atoms with Crippen LogP contribution in [0.3, 0.4) is 0 Å². The first-order valence-electron chi connectivity index (χ1n) is 7.27. The van der Waals surface area contributed by atoms with Crippen LogP contribution in [0.25, 0.3) is 0 Å². The molecule has 0 amide bonds. The predicted molar refractivity (Wildman–Crippen MR) is 80.5 cm³/mol. The van der Waals surface area contributed by atoms with Gasteiger partial charge in [-0.3, -0.25) is 0 Å². The Morgan fingerprint density at radius 1 is 1.00 bits per heavy atom. The van der Waals surface area contributed by atoms with Gasteiger partial charge in [-0.1, -0.05) is 42.0 Å². The molecule has 0 bridgehead atoms. The molecule has 1 aliphatic heterocycles. The molecule has 1 heterocycles. The zero-order chi connectivity index (χ0) is 13.9. The molecule has 2 aromatic rings. The number of benzene rings is 2. The zero-order valence-electron chi connectivity index (χ0n) is 11.8. The first-order chi connectivity index (χ1) is 9.74. The molecule has 2 aromatic carbocycles. The molecule has 104 valence electrons. The normalized spacial score (nSPS) is 22.7. The van der Waals surface area contributed by atoms with Gasteiger partial charge in [0.15, 0.2) is 0 Å². The summed E-state index contributed by atoms with van der Waals surface area (Å²) < 4.78 is 13.5. The van der Waals surface area contributed by atoms with E-state index < -0.39 is 0 Å². The lowest BCUT2D eigenvalue weighted by Crippen LogP contribution is -2.34. The number of nitrogens with one attached hydrogen (secondary N) is 1. The highest BCUT2D eigenvalue weighted by atomic mass is 19.1. The van der Waals surface area contributed by atoms with E-state index >= 15 is 0 Å². The van der Waals surface area contributed by atoms with Gasteiger partial charge in [-0.15, -0.1) is 0 Å². The van der Waals surface area contributed by atoms with Crippen LogP contribution in [0.2, 0.25) is 0 Å². The molecule has 0 spiro atoms. The molecule has 1 N–H and O–H groups in total. The second-order valence-electron chi connectivity index (χ2n) is 5.67. The Balaban J connectivity index is 1.93. The van der Waals surface area contributed by atoms with Crippen molar-refractivity contribution in [1.29, 1.82) is 0 Å². The third-order valence-electron chi connectivity index (χ3n) is 4.26. The van der Waals surface area contributed by atoms with Crippen LogP contribution in [-0.4, -0.2) is 13.1 Å². The summed E-state index contributed by atoms with van der Waals surface area (Å²) in [5, 5.41) is 3.47. The molecule has 1 fully saturated rings. The van der Waals surface area contributed by atoms with Crippen molar-refractivity contribution in [3.05, 3.63) is 71.0 Å². The van der Waals surface area contributed by atoms with Gasteiger partial charge in [-0.05, 0) is 49.1 Å². The van der Waals surface area contributed by atoms with Crippen molar-refractivity contribution in [2.24, 2.45) is 0 Å². The largest absolute Gasteiger partial charge is 0.316 e. The standard InChI is InChI=1S/C18H20FN/c1-13-5-7-14(8-6-13)18-12-20-10-9-17(18)15-3-2-4-16(19)11-15/h2-8,11,17-18,20H,9-10,12H2,1H3. The van der Waals surface area contributed by atoms with Crippen LogP contribution in [0.15, 0.2) is 48.5 Å². The maximum absolute atomic E-state index is 13.5. The van der Waals surface area contributed by atoms with Crippen molar-refractivity contribution < 1.29 is 4.39 Å². The molecule has 0 aromatic heterocycles. The molecule has 1 aliphatic rings. The average molecular weight is 269 g/mol. The van der Waals surface area contributed by atoms with Gasteiger partial charge in [0.25, 0.3) is 0 Å². The summed E-state index contributed by atoms with van der Waals surface area (Å²) in [6.07, 6.45) is 1.06. The van der Waals surface area contributed by atoms with Gasteiger partial charge in [-0.25, -0.2) is 4.39 Å². The van der Waals surface area contributed by atoms with Crippen molar-refractivity contribution in [1.82, 2.24) is 5.32 Å². The Morgan fingerprint density at radius 2 is 1.80 bits per heavy atom. The summed E-state index contributed by atoms with van der Waals surface area (Å²) in [5.74, 6) is 0.685. The smallest absolute Gasteiger partial charge is 0.123 e. The Bertz CT molecular complexity index is 576. The number of hydrogen-bond acceptors (Lipinski definition) is 1. The molecule has 2 atom stereocenters. The molecule has 2 unspecified atom stereocenters. The van der Waals surface area contributed by atoms with Crippen LogP contribution < -0.4 is 5.32 Å². The van der Waals surface area contributed by atoms with E-state index in [9.17, 15) is 4.39 Å². The predicted octanol–water partition coefficient (Wildman–Crippen LogP) is 3.99. The van der Waals surface area contributed by atoms with E-state index in [1.165, 1.54) is 17.2 Å². The molecule has 0 saturated carbocycles. The fourth-order valence-electron chi connectivity index (χ4n) is 3.16. The molecule has 0 aliphatic carbocycles. The Morgan fingerprint density at radius 3 is 2.55 bits per heavy atom. The average Bonchev–Trinajstić information content (AvgIpc) is 2.48. The Labute approximate surface area is 119 Å². The van der Waals surface area contributed by atoms with E-state index in [-0.39, 0.29) is 5.82 Å². The van der Waals surface area contributed by atoms with Crippen LogP contribution in [0, 0.1) is 12.7 Å². The minimum Gasteiger partial charge on any atom is -0.316 e. The minimum atomic E-state index is -0.135. The van der Waals surface area contributed by atoms with Gasteiger partial charge in [0.2, 0.25) is 0 Å². The molecule has 0 radical (unpaired) electrons. The second kappa shape index (κ2) is 5.76. The van der Waals surface area contributed by atoms with Gasteiger partial charge in [0.1, 0.15) is 5.82 Å². The van der Waals surface area contributed by atoms with Crippen molar-refractivity contribution in [3.8, 4) is 0 Å². The maximum Gasteiger partial charge on any atom is 0.123 e. The van der Waals surface area contributed by atoms with Crippen LogP contribution in [0.1, 0.15) is 34.9 Å². The van der Waals surface area contributed by atoms with Crippen molar-refractivity contribution >= 4 is 0 Å². The fraction of sp³-hybridized carbons (Fsp3) is 0.333. The minimum absolute atomic E-state index is 0.135. The molecular weight excluding hydrogens is 249 g/mol. The lowest BCUT2D eigenvalue weighted by atomic mass is 9.77. The Kier molecular flexibility index (Phi) is 3.83. The molecular formula is C18H20FN. The molecule has 1 saturated heterocycles. The summed E-state index contributed by atoms with van der Waals surface area (Å²) in [6.45, 7) is 4.07. The van der Waals surface area contributed by atoms with Crippen LogP contribution in [0.5, 0.6) is 0 Å². The van der Waals surface area contributed by atoms with Gasteiger partial charge >= 0.3 is 0 Å². The maximum atomic E-state index is 13.5. The fourth-order valence-corrected chi connectivity index (χ4v) is 3.16. The summed E-state index contributed by atoms with van der Waals surface area (Å²) in [7, 11) is 0. The van der Waals surface area contributed by atoms with Crippen LogP contribution >= 0.6 is 0 Å². The first kappa shape index (κ1) is 13.3. The summed E-state index contributed by atoms with van der Waals surface area (Å²) in [5.41, 5.74) is 3.74. The summed E-state index contributed by atoms with van der Waals surface area (Å²) >= 11 is 0. The topological polar surface area (TPSA) is 12.0 Å². The van der Waals surface area contributed by atoms with Crippen molar-refractivity contribution in [2.75, 3.05) is 13.1 Å². The second-order valence-corrected chi connectivity index (χ2v) is 5.67. The van der Waals surface area contributed by atoms with Crippen molar-refractivity contribution in [2.45, 2.75) is 25.2 Å². The van der Waals surface area contributed by atoms with Crippen LogP contribution in [-0.2, 0) is 0 Å². The van der Waals surface area contributed by atoms with Gasteiger partial charge in [0, 0.05) is 12.5 Å². The summed E-state index contributed by atoms with van der Waals surface area (Å²) in [4.78, 5) is 0. The van der Waals surface area contributed by atoms with E-state index in [2.05, 4.69) is 42.6 Å². The number of piperidine rings is 1. The molecule has 20 heavy (non-hydrogen) atoms. The van der Waals surface area contributed by atoms with Gasteiger partial charge in [-0.2, -0.15) is 0 Å². The number of halogens is 1. The van der Waals surface area contributed by atoms with E-state index in [4.69, 9.17) is 0 Å². The highest BCUT2D eigenvalue weighted by Gasteiger charge is 2.27. The molecule has 1 nitrogen and oxygen atoms in total. The van der Waals surface area contributed by atoms with E-state index in [1.807, 2.05) is 6.07 Å². The van der Waals surface area contributed by atoms with Crippen LogP contribution in [0.4, 0.5) is 4.39 Å². The lowest BCUT2D eigenvalue weighted by molar-refractivity contribution is 0.403. The highest BCUT2D eigenvalue weighted by Crippen LogP contribution is 2.37. The zero-order valence-corrected chi connectivity index (χ0v) is 11.8. The molecule has 3 rings (SSSR count). The first-order valence-corrected chi connectivity index (χ1v) is 7.27. The number of hydrogen-bond donors (Lipinski definition) is 1. The van der Waals surface area contributed by atoms with Crippen molar-refractivity contribution in [3.63, 3.8) is 0 Å². The third-order valence-corrected chi connectivity index (χ3v) is 4.26. The molecule has 2 heteroatoms. The summed E-state index contributed by atoms with van der Waals surface area (Å²) in [6, 6.07) is 15.8. The quantitative estimate of drug-likeness (QED) is 0.869. The van der Waals surface area contributed by atoms with E-state index in [1.54, 1.807) is 6.07 Å². The van der Waals surface area contributed by atoms with E-state index in [0.29, 0.717) is 11.8 Å². The SMILES string of the molecule is Cc1ccc(C2CNCCC2c2cccc(F)c2)cc1. The highest BCUT2D eigenvalue weighted by molar-refractivity contribution is 5.32. The third kappa shape index (κ3) is 2.75. The monoisotopic (exact) mass is 269 g/mol.